The lowest BCUT2D eigenvalue weighted by molar-refractivity contribution is 0.331. The predicted octanol–water partition coefficient (Wildman–Crippen LogP) is 5.37. The van der Waals surface area contributed by atoms with Crippen LogP contribution in [0.2, 0.25) is 0 Å². The van der Waals surface area contributed by atoms with E-state index >= 15 is 0 Å². The van der Waals surface area contributed by atoms with Crippen LogP contribution in [0.15, 0.2) is 34.9 Å². The molecule has 0 saturated heterocycles. The van der Waals surface area contributed by atoms with E-state index in [2.05, 4.69) is 74.8 Å². The van der Waals surface area contributed by atoms with Gasteiger partial charge in [0.15, 0.2) is 0 Å². The van der Waals surface area contributed by atoms with Gasteiger partial charge in [-0.3, -0.25) is 0 Å². The zero-order chi connectivity index (χ0) is 20.8. The Morgan fingerprint density at radius 2 is 1.00 bits per heavy atom. The largest absolute Gasteiger partial charge is 0.306 e. The summed E-state index contributed by atoms with van der Waals surface area (Å²) in [5.74, 6) is 0. The summed E-state index contributed by atoms with van der Waals surface area (Å²) in [6, 6.07) is 0. The van der Waals surface area contributed by atoms with Crippen molar-refractivity contribution in [2.75, 3.05) is 60.4 Å². The fourth-order valence-corrected chi connectivity index (χ4v) is 3.62. The van der Waals surface area contributed by atoms with Crippen LogP contribution >= 0.6 is 0 Å². The van der Waals surface area contributed by atoms with Crippen LogP contribution in [0.3, 0.4) is 0 Å². The summed E-state index contributed by atoms with van der Waals surface area (Å²) in [7, 11) is 6.57. The number of hydrogen-bond donors (Lipinski definition) is 0. The third-order valence-corrected chi connectivity index (χ3v) is 5.87. The van der Waals surface area contributed by atoms with E-state index in [-0.39, 0.29) is 0 Å². The van der Waals surface area contributed by atoms with Gasteiger partial charge in [0.05, 0.1) is 0 Å². The van der Waals surface area contributed by atoms with Crippen molar-refractivity contribution in [1.29, 1.82) is 0 Å². The average Bonchev–Trinajstić information content (AvgIpc) is 2.94. The lowest BCUT2D eigenvalue weighted by Crippen LogP contribution is -2.21. The van der Waals surface area contributed by atoms with Crippen LogP contribution < -0.4 is 0 Å². The SMILES string of the molecule is C/C1=C/CCN(C)CCC1.CC1=CCCN(C)CC1.CC1=CCN(C)CCC1. The van der Waals surface area contributed by atoms with Crippen LogP contribution in [0.1, 0.15) is 65.7 Å². The maximum Gasteiger partial charge on any atom is 0.0162 e. The van der Waals surface area contributed by atoms with Crippen molar-refractivity contribution < 1.29 is 0 Å². The molecule has 0 radical (unpaired) electrons. The minimum atomic E-state index is 1.14. The molecule has 0 saturated carbocycles. The van der Waals surface area contributed by atoms with Gasteiger partial charge >= 0.3 is 0 Å². The smallest absolute Gasteiger partial charge is 0.0162 e. The number of allylic oxidation sites excluding steroid dienone is 2. The standard InChI is InChI=1S/C9H17N.2C8H15N/c1-9-5-3-7-10(2)8-4-6-9;2*1-8-4-3-6-9(2)7-5-8/h5H,3-4,6-8H2,1-2H3;5H,3-4,6-7H2,1-2H3;4H,3,5-7H2,1-2H3/b9-5-;;. The highest BCUT2D eigenvalue weighted by molar-refractivity contribution is 5.01. The maximum absolute atomic E-state index is 2.41. The van der Waals surface area contributed by atoms with Gasteiger partial charge in [0.2, 0.25) is 0 Å². The Morgan fingerprint density at radius 1 is 0.536 bits per heavy atom. The zero-order valence-corrected chi connectivity index (χ0v) is 19.8. The van der Waals surface area contributed by atoms with Crippen LogP contribution in [0.5, 0.6) is 0 Å². The number of rotatable bonds is 0. The highest BCUT2D eigenvalue weighted by atomic mass is 15.1. The molecule has 0 aromatic rings. The van der Waals surface area contributed by atoms with Crippen molar-refractivity contribution in [1.82, 2.24) is 14.7 Å². The first-order valence-electron chi connectivity index (χ1n) is 11.4. The van der Waals surface area contributed by atoms with Gasteiger partial charge in [-0.25, -0.2) is 0 Å². The Kier molecular flexibility index (Phi) is 13.5. The molecule has 3 aliphatic rings. The molecule has 0 spiro atoms. The van der Waals surface area contributed by atoms with E-state index in [1.54, 1.807) is 16.7 Å². The van der Waals surface area contributed by atoms with Crippen LogP contribution in [0.25, 0.3) is 0 Å². The summed E-state index contributed by atoms with van der Waals surface area (Å²) in [6.45, 7) is 14.1. The van der Waals surface area contributed by atoms with Crippen molar-refractivity contribution in [3.8, 4) is 0 Å². The molecule has 0 aromatic heterocycles. The molecule has 3 heterocycles. The second-order valence-corrected chi connectivity index (χ2v) is 9.05. The van der Waals surface area contributed by atoms with Crippen LogP contribution in [0.4, 0.5) is 0 Å². The average molecular weight is 390 g/mol. The topological polar surface area (TPSA) is 9.72 Å². The Morgan fingerprint density at radius 3 is 1.61 bits per heavy atom. The summed E-state index contributed by atoms with van der Waals surface area (Å²) >= 11 is 0. The van der Waals surface area contributed by atoms with Crippen molar-refractivity contribution >= 4 is 0 Å². The highest BCUT2D eigenvalue weighted by Gasteiger charge is 2.02. The van der Waals surface area contributed by atoms with Crippen molar-refractivity contribution in [3.05, 3.63) is 34.9 Å². The van der Waals surface area contributed by atoms with Crippen molar-refractivity contribution in [2.24, 2.45) is 0 Å². The molecule has 0 aromatic carbocycles. The second-order valence-electron chi connectivity index (χ2n) is 9.05. The molecule has 0 atom stereocenters. The molecule has 3 rings (SSSR count). The molecule has 0 aliphatic carbocycles. The molecule has 0 unspecified atom stereocenters. The first-order valence-corrected chi connectivity index (χ1v) is 11.4. The minimum Gasteiger partial charge on any atom is -0.306 e. The molecule has 0 amide bonds. The van der Waals surface area contributed by atoms with Crippen molar-refractivity contribution in [3.63, 3.8) is 0 Å². The molecule has 162 valence electrons. The lowest BCUT2D eigenvalue weighted by Gasteiger charge is -2.18. The van der Waals surface area contributed by atoms with E-state index in [1.165, 1.54) is 77.7 Å². The monoisotopic (exact) mass is 389 g/mol. The van der Waals surface area contributed by atoms with Gasteiger partial charge in [-0.1, -0.05) is 34.9 Å². The van der Waals surface area contributed by atoms with Gasteiger partial charge in [-0.05, 0) is 99.9 Å². The Labute approximate surface area is 176 Å². The Bertz CT molecular complexity index is 504. The van der Waals surface area contributed by atoms with Crippen LogP contribution in [0, 0.1) is 0 Å². The van der Waals surface area contributed by atoms with Crippen molar-refractivity contribution in [2.45, 2.75) is 65.7 Å². The summed E-state index contributed by atoms with van der Waals surface area (Å²) < 4.78 is 0. The fraction of sp³-hybridized carbons (Fsp3) is 0.760. The number of hydrogen-bond acceptors (Lipinski definition) is 3. The third kappa shape index (κ3) is 13.3. The van der Waals surface area contributed by atoms with Gasteiger partial charge in [0.1, 0.15) is 0 Å². The van der Waals surface area contributed by atoms with E-state index in [0.29, 0.717) is 0 Å². The summed E-state index contributed by atoms with van der Waals surface area (Å²) in [5.41, 5.74) is 4.69. The van der Waals surface area contributed by atoms with Gasteiger partial charge in [0.25, 0.3) is 0 Å². The Balaban J connectivity index is 0.000000210. The molecule has 3 aliphatic heterocycles. The molecule has 3 heteroatoms. The van der Waals surface area contributed by atoms with Crippen LogP contribution in [-0.2, 0) is 0 Å². The highest BCUT2D eigenvalue weighted by Crippen LogP contribution is 2.10. The minimum absolute atomic E-state index is 1.14. The number of likely N-dealkylation sites (N-methyl/N-ethyl adjacent to an activating group) is 1. The van der Waals surface area contributed by atoms with Crippen LogP contribution in [-0.4, -0.2) is 75.1 Å². The van der Waals surface area contributed by atoms with E-state index in [0.717, 1.165) is 6.54 Å². The van der Waals surface area contributed by atoms with Gasteiger partial charge in [0, 0.05) is 26.2 Å². The molecular formula is C25H47N3. The molecule has 28 heavy (non-hydrogen) atoms. The van der Waals surface area contributed by atoms with Gasteiger partial charge in [-0.2, -0.15) is 0 Å². The second kappa shape index (κ2) is 15.0. The quantitative estimate of drug-likeness (QED) is 0.516. The first kappa shape index (κ1) is 25.1. The normalized spacial score (nSPS) is 25.0. The first-order chi connectivity index (χ1) is 13.4. The van der Waals surface area contributed by atoms with Gasteiger partial charge in [-0.15, -0.1) is 0 Å². The summed E-state index contributed by atoms with van der Waals surface area (Å²) in [5, 5.41) is 0. The fourth-order valence-electron chi connectivity index (χ4n) is 3.62. The molecule has 3 nitrogen and oxygen atoms in total. The van der Waals surface area contributed by atoms with Gasteiger partial charge < -0.3 is 14.7 Å². The summed E-state index contributed by atoms with van der Waals surface area (Å²) in [6.07, 6.45) is 16.0. The number of nitrogens with zero attached hydrogens (tertiary/aromatic N) is 3. The molecule has 0 bridgehead atoms. The molecular weight excluding hydrogens is 342 g/mol. The predicted molar refractivity (Wildman–Crippen MR) is 126 cm³/mol. The van der Waals surface area contributed by atoms with E-state index in [1.807, 2.05) is 0 Å². The summed E-state index contributed by atoms with van der Waals surface area (Å²) in [4.78, 5) is 7.15. The maximum atomic E-state index is 2.41. The van der Waals surface area contributed by atoms with E-state index in [9.17, 15) is 0 Å². The molecule has 0 N–H and O–H groups in total. The van der Waals surface area contributed by atoms with E-state index < -0.39 is 0 Å². The Hall–Kier alpha value is -0.900. The third-order valence-electron chi connectivity index (χ3n) is 5.87. The lowest BCUT2D eigenvalue weighted by atomic mass is 10.1. The zero-order valence-electron chi connectivity index (χ0n) is 19.8. The molecule has 0 fully saturated rings. The van der Waals surface area contributed by atoms with E-state index in [4.69, 9.17) is 0 Å².